The molecule has 25 heavy (non-hydrogen) atoms. The van der Waals surface area contributed by atoms with Crippen LogP contribution in [0.25, 0.3) is 0 Å². The largest absolute Gasteiger partial charge is 0.534 e. The van der Waals surface area contributed by atoms with Crippen LogP contribution >= 0.6 is 0 Å². The molecule has 0 unspecified atom stereocenters. The van der Waals surface area contributed by atoms with E-state index >= 15 is 0 Å². The van der Waals surface area contributed by atoms with Crippen molar-refractivity contribution in [3.05, 3.63) is 59.2 Å². The van der Waals surface area contributed by atoms with Gasteiger partial charge < -0.3 is 10.5 Å². The molecule has 0 spiro atoms. The number of fused-ring (bicyclic) bond motifs is 2. The van der Waals surface area contributed by atoms with Crippen LogP contribution in [0.1, 0.15) is 21.5 Å². The van der Waals surface area contributed by atoms with Gasteiger partial charge in [0, 0.05) is 16.7 Å². The first kappa shape index (κ1) is 16.7. The number of nitrogens with two attached hydrogens (primary N) is 1. The van der Waals surface area contributed by atoms with Gasteiger partial charge in [-0.25, -0.2) is 13.2 Å². The van der Waals surface area contributed by atoms with Crippen molar-refractivity contribution >= 4 is 27.6 Å². The molecule has 1 aliphatic heterocycles. The van der Waals surface area contributed by atoms with Crippen LogP contribution in [0.3, 0.4) is 0 Å². The van der Waals surface area contributed by atoms with Crippen LogP contribution in [-0.4, -0.2) is 33.3 Å². The molecule has 8 nitrogen and oxygen atoms in total. The predicted molar refractivity (Wildman–Crippen MR) is 86.0 cm³/mol. The minimum Gasteiger partial charge on any atom is -0.436 e. The second-order valence-electron chi connectivity index (χ2n) is 5.06. The summed E-state index contributed by atoms with van der Waals surface area (Å²) >= 11 is 0. The monoisotopic (exact) mass is 360 g/mol. The highest BCUT2D eigenvalue weighted by atomic mass is 32.2. The van der Waals surface area contributed by atoms with Crippen LogP contribution in [0.5, 0.6) is 0 Å². The molecule has 0 aromatic heterocycles. The van der Waals surface area contributed by atoms with E-state index in [1.165, 1.54) is 30.3 Å². The van der Waals surface area contributed by atoms with Crippen molar-refractivity contribution in [2.45, 2.75) is 9.79 Å². The third-order valence-electron chi connectivity index (χ3n) is 3.62. The maximum absolute atomic E-state index is 12.8. The first-order valence-electron chi connectivity index (χ1n) is 6.98. The summed E-state index contributed by atoms with van der Waals surface area (Å²) in [6, 6.07) is 9.96. The maximum atomic E-state index is 12.8. The molecule has 0 bridgehead atoms. The van der Waals surface area contributed by atoms with Gasteiger partial charge in [-0.3, -0.25) is 9.63 Å². The SMILES string of the molecule is COC(=O)O/N=C(\N)c1ccc2c(c1)S(=O)(=O)c1ccccc1C2=O. The van der Waals surface area contributed by atoms with Gasteiger partial charge in [-0.05, 0) is 24.3 Å². The number of methoxy groups -OCH3 is 1. The van der Waals surface area contributed by atoms with Gasteiger partial charge in [-0.1, -0.05) is 23.4 Å². The van der Waals surface area contributed by atoms with E-state index in [0.29, 0.717) is 0 Å². The molecule has 0 saturated heterocycles. The van der Waals surface area contributed by atoms with E-state index in [-0.39, 0.29) is 32.3 Å². The normalized spacial score (nSPS) is 15.1. The summed E-state index contributed by atoms with van der Waals surface area (Å²) in [5.41, 5.74) is 6.03. The van der Waals surface area contributed by atoms with Gasteiger partial charge in [0.1, 0.15) is 0 Å². The molecule has 0 amide bonds. The van der Waals surface area contributed by atoms with E-state index in [9.17, 15) is 18.0 Å². The lowest BCUT2D eigenvalue weighted by Gasteiger charge is -2.19. The molecular weight excluding hydrogens is 348 g/mol. The average molecular weight is 360 g/mol. The molecule has 1 heterocycles. The molecule has 2 N–H and O–H groups in total. The van der Waals surface area contributed by atoms with Crippen molar-refractivity contribution < 1.29 is 27.6 Å². The first-order valence-corrected chi connectivity index (χ1v) is 8.46. The number of carbonyl (C=O) groups is 2. The molecule has 0 saturated carbocycles. The van der Waals surface area contributed by atoms with E-state index in [1.807, 2.05) is 0 Å². The Morgan fingerprint density at radius 1 is 1.08 bits per heavy atom. The predicted octanol–water partition coefficient (Wildman–Crippen LogP) is 1.47. The molecule has 2 aromatic carbocycles. The number of nitrogens with zero attached hydrogens (tertiary/aromatic N) is 1. The van der Waals surface area contributed by atoms with Crippen molar-refractivity contribution in [3.8, 4) is 0 Å². The lowest BCUT2D eigenvalue weighted by Crippen LogP contribution is -2.22. The van der Waals surface area contributed by atoms with Gasteiger partial charge in [0.05, 0.1) is 16.9 Å². The summed E-state index contributed by atoms with van der Waals surface area (Å²) in [5.74, 6) is -0.636. The molecule has 128 valence electrons. The highest BCUT2D eigenvalue weighted by Crippen LogP contribution is 2.34. The molecule has 0 aliphatic carbocycles. The fourth-order valence-electron chi connectivity index (χ4n) is 2.42. The van der Waals surface area contributed by atoms with Gasteiger partial charge >= 0.3 is 6.16 Å². The van der Waals surface area contributed by atoms with Crippen LogP contribution in [0.4, 0.5) is 4.79 Å². The molecule has 9 heteroatoms. The molecule has 0 atom stereocenters. The second-order valence-corrected chi connectivity index (χ2v) is 6.95. The highest BCUT2D eigenvalue weighted by molar-refractivity contribution is 7.91. The molecule has 2 aromatic rings. The van der Waals surface area contributed by atoms with Gasteiger partial charge in [0.2, 0.25) is 9.84 Å². The molecule has 1 aliphatic rings. The number of hydrogen-bond acceptors (Lipinski definition) is 7. The van der Waals surface area contributed by atoms with Crippen molar-refractivity contribution in [2.75, 3.05) is 7.11 Å². The Morgan fingerprint density at radius 3 is 2.48 bits per heavy atom. The summed E-state index contributed by atoms with van der Waals surface area (Å²) in [4.78, 5) is 27.6. The Morgan fingerprint density at radius 2 is 1.76 bits per heavy atom. The molecule has 0 fully saturated rings. The van der Waals surface area contributed by atoms with Crippen LogP contribution in [0, 0.1) is 0 Å². The maximum Gasteiger partial charge on any atom is 0.534 e. The van der Waals surface area contributed by atoms with Crippen molar-refractivity contribution in [1.82, 2.24) is 0 Å². The van der Waals surface area contributed by atoms with E-state index in [0.717, 1.165) is 7.11 Å². The number of oxime groups is 1. The smallest absolute Gasteiger partial charge is 0.436 e. The standard InChI is InChI=1S/C16H12N2O6S/c1-23-16(20)24-18-15(17)9-6-7-11-13(8-9)25(21,22)12-5-3-2-4-10(12)14(11)19/h2-8H,1H3,(H2,17,18). The average Bonchev–Trinajstić information content (AvgIpc) is 2.63. The van der Waals surface area contributed by atoms with Crippen LogP contribution in [0.2, 0.25) is 0 Å². The summed E-state index contributed by atoms with van der Waals surface area (Å²) in [5, 5.41) is 3.37. The Labute approximate surface area is 142 Å². The quantitative estimate of drug-likeness (QED) is 0.241. The Balaban J connectivity index is 2.10. The first-order chi connectivity index (χ1) is 11.9. The number of amidine groups is 1. The van der Waals surface area contributed by atoms with Gasteiger partial charge in [0.25, 0.3) is 0 Å². The second kappa shape index (κ2) is 6.02. The van der Waals surface area contributed by atoms with Crippen LogP contribution in [0.15, 0.2) is 57.4 Å². The van der Waals surface area contributed by atoms with Crippen molar-refractivity contribution in [1.29, 1.82) is 0 Å². The Kier molecular flexibility index (Phi) is 4.01. The third-order valence-corrected chi connectivity index (χ3v) is 5.47. The van der Waals surface area contributed by atoms with Gasteiger partial charge in [-0.15, -0.1) is 0 Å². The van der Waals surface area contributed by atoms with Crippen molar-refractivity contribution in [3.63, 3.8) is 0 Å². The Bertz CT molecular complexity index is 1030. The van der Waals surface area contributed by atoms with Crippen molar-refractivity contribution in [2.24, 2.45) is 10.9 Å². The van der Waals surface area contributed by atoms with E-state index in [4.69, 9.17) is 5.73 Å². The van der Waals surface area contributed by atoms with Crippen LogP contribution in [-0.2, 0) is 19.4 Å². The molecule has 0 radical (unpaired) electrons. The zero-order valence-corrected chi connectivity index (χ0v) is 13.7. The summed E-state index contributed by atoms with van der Waals surface area (Å²) < 4.78 is 29.8. The van der Waals surface area contributed by atoms with Crippen LogP contribution < -0.4 is 5.73 Å². The number of benzene rings is 2. The number of sulfone groups is 1. The van der Waals surface area contributed by atoms with Gasteiger partial charge in [-0.2, -0.15) is 0 Å². The highest BCUT2D eigenvalue weighted by Gasteiger charge is 2.34. The Hall–Kier alpha value is -3.20. The summed E-state index contributed by atoms with van der Waals surface area (Å²) in [7, 11) is -2.79. The molecule has 3 rings (SSSR count). The number of ether oxygens (including phenoxy) is 1. The topological polar surface area (TPSA) is 125 Å². The van der Waals surface area contributed by atoms with E-state index < -0.39 is 21.8 Å². The minimum atomic E-state index is -3.89. The lowest BCUT2D eigenvalue weighted by atomic mass is 10.0. The summed E-state index contributed by atoms with van der Waals surface area (Å²) in [6.45, 7) is 0. The van der Waals surface area contributed by atoms with E-state index in [1.54, 1.807) is 12.1 Å². The minimum absolute atomic E-state index is 0.0455. The van der Waals surface area contributed by atoms with Gasteiger partial charge in [0.15, 0.2) is 11.6 Å². The lowest BCUT2D eigenvalue weighted by molar-refractivity contribution is 0.0753. The number of ketones is 1. The zero-order valence-electron chi connectivity index (χ0n) is 12.9. The number of carbonyl (C=O) groups excluding carboxylic acids is 2. The van der Waals surface area contributed by atoms with E-state index in [2.05, 4.69) is 14.7 Å². The number of hydrogen-bond donors (Lipinski definition) is 1. The molecular formula is C16H12N2O6S. The third kappa shape index (κ3) is 2.74. The fraction of sp³-hybridized carbons (Fsp3) is 0.0625. The number of rotatable bonds is 2. The zero-order chi connectivity index (χ0) is 18.2. The summed E-state index contributed by atoms with van der Waals surface area (Å²) in [6.07, 6.45) is -1.07. The fourth-order valence-corrected chi connectivity index (χ4v) is 4.10.